The van der Waals surface area contributed by atoms with Gasteiger partial charge < -0.3 is 5.32 Å². The number of halogens is 1. The van der Waals surface area contributed by atoms with E-state index >= 15 is 0 Å². The van der Waals surface area contributed by atoms with Gasteiger partial charge in [0.15, 0.2) is 0 Å². The molecule has 0 fully saturated rings. The van der Waals surface area contributed by atoms with E-state index in [2.05, 4.69) is 11.4 Å². The van der Waals surface area contributed by atoms with Crippen LogP contribution in [0, 0.1) is 5.82 Å². The first-order valence-electron chi connectivity index (χ1n) is 7.04. The average Bonchev–Trinajstić information content (AvgIpc) is 3.09. The zero-order valence-electron chi connectivity index (χ0n) is 12.2. The second-order valence-electron chi connectivity index (χ2n) is 4.80. The molecule has 23 heavy (non-hydrogen) atoms. The number of nitrogens with one attached hydrogen (secondary N) is 1. The first-order chi connectivity index (χ1) is 11.2. The summed E-state index contributed by atoms with van der Waals surface area (Å²) in [5.41, 5.74) is 0.743. The van der Waals surface area contributed by atoms with Crippen LogP contribution in [0.25, 0.3) is 0 Å². The summed E-state index contributed by atoms with van der Waals surface area (Å²) in [6.45, 7) is 0. The van der Waals surface area contributed by atoms with Crippen LogP contribution < -0.4 is 5.32 Å². The monoisotopic (exact) mass is 343 g/mol. The van der Waals surface area contributed by atoms with E-state index in [1.165, 1.54) is 10.9 Å². The summed E-state index contributed by atoms with van der Waals surface area (Å²) >= 11 is 3.29. The number of hydrogen-bond donors (Lipinski definition) is 1. The number of carbonyl (C=O) groups is 1. The van der Waals surface area contributed by atoms with Gasteiger partial charge in [0.05, 0.1) is 11.3 Å². The number of benzene rings is 2. The Kier molecular flexibility index (Phi) is 5.10. The molecule has 0 aliphatic heterocycles. The lowest BCUT2D eigenvalue weighted by Crippen LogP contribution is -2.13. The summed E-state index contributed by atoms with van der Waals surface area (Å²) in [6.07, 6.45) is 0. The third-order valence-corrected chi connectivity index (χ3v) is 5.39. The van der Waals surface area contributed by atoms with E-state index in [1.807, 2.05) is 29.6 Å². The lowest BCUT2D eigenvalue weighted by Gasteiger charge is -2.10. The van der Waals surface area contributed by atoms with Crippen molar-refractivity contribution in [3.8, 4) is 0 Å². The van der Waals surface area contributed by atoms with Crippen LogP contribution in [0.2, 0.25) is 0 Å². The highest BCUT2D eigenvalue weighted by atomic mass is 32.2. The van der Waals surface area contributed by atoms with Gasteiger partial charge >= 0.3 is 0 Å². The molecule has 0 radical (unpaired) electrons. The van der Waals surface area contributed by atoms with Crippen LogP contribution in [0.15, 0.2) is 70.9 Å². The van der Waals surface area contributed by atoms with E-state index in [0.29, 0.717) is 5.56 Å². The number of anilines is 1. The zero-order valence-corrected chi connectivity index (χ0v) is 13.8. The third-order valence-electron chi connectivity index (χ3n) is 3.20. The van der Waals surface area contributed by atoms with Crippen LogP contribution >= 0.6 is 23.1 Å². The van der Waals surface area contributed by atoms with Gasteiger partial charge in [-0.3, -0.25) is 4.79 Å². The van der Waals surface area contributed by atoms with E-state index < -0.39 is 5.82 Å². The second-order valence-corrected chi connectivity index (χ2v) is 6.85. The van der Waals surface area contributed by atoms with Gasteiger partial charge in [-0.25, -0.2) is 4.39 Å². The van der Waals surface area contributed by atoms with Gasteiger partial charge in [0.1, 0.15) is 5.82 Å². The van der Waals surface area contributed by atoms with E-state index in [-0.39, 0.29) is 11.6 Å². The summed E-state index contributed by atoms with van der Waals surface area (Å²) in [5.74, 6) is 0.0655. The Hall–Kier alpha value is -2.11. The molecule has 1 N–H and O–H groups in total. The van der Waals surface area contributed by atoms with Crippen molar-refractivity contribution >= 4 is 34.7 Å². The molecule has 3 rings (SSSR count). The highest BCUT2D eigenvalue weighted by molar-refractivity contribution is 7.98. The molecule has 0 unspecified atom stereocenters. The summed E-state index contributed by atoms with van der Waals surface area (Å²) in [4.78, 5) is 14.6. The molecule has 116 valence electrons. The van der Waals surface area contributed by atoms with Gasteiger partial charge in [-0.15, -0.1) is 23.1 Å². The van der Waals surface area contributed by atoms with Crippen LogP contribution in [0.3, 0.4) is 0 Å². The van der Waals surface area contributed by atoms with Crippen LogP contribution in [0.5, 0.6) is 0 Å². The van der Waals surface area contributed by atoms with Crippen LogP contribution in [0.1, 0.15) is 15.2 Å². The van der Waals surface area contributed by atoms with Crippen molar-refractivity contribution in [1.29, 1.82) is 0 Å². The molecule has 2 aromatic carbocycles. The number of thioether (sulfide) groups is 1. The molecule has 1 amide bonds. The van der Waals surface area contributed by atoms with Gasteiger partial charge in [0, 0.05) is 15.5 Å². The molecular weight excluding hydrogens is 329 g/mol. The Morgan fingerprint density at radius 3 is 2.61 bits per heavy atom. The topological polar surface area (TPSA) is 29.1 Å². The summed E-state index contributed by atoms with van der Waals surface area (Å²) in [5, 5.41) is 4.67. The number of thiophene rings is 1. The highest BCUT2D eigenvalue weighted by Crippen LogP contribution is 2.28. The van der Waals surface area contributed by atoms with Gasteiger partial charge in [0.2, 0.25) is 0 Å². The number of rotatable bonds is 5. The number of amides is 1. The quantitative estimate of drug-likeness (QED) is 0.626. The molecule has 5 heteroatoms. The maximum Gasteiger partial charge on any atom is 0.256 e. The van der Waals surface area contributed by atoms with E-state index in [9.17, 15) is 9.18 Å². The summed E-state index contributed by atoms with van der Waals surface area (Å²) in [7, 11) is 0. The molecule has 0 saturated carbocycles. The molecule has 0 saturated heterocycles. The Labute approximate surface area is 142 Å². The molecule has 3 aromatic rings. The maximum absolute atomic E-state index is 13.7. The number of carbonyl (C=O) groups excluding carboxylic acids is 1. The molecule has 2 nitrogen and oxygen atoms in total. The predicted molar refractivity (Wildman–Crippen MR) is 94.7 cm³/mol. The SMILES string of the molecule is O=C(Nc1ccccc1F)c1ccccc1SCc1cccs1. The molecule has 0 spiro atoms. The Morgan fingerprint density at radius 2 is 1.83 bits per heavy atom. The van der Waals surface area contributed by atoms with Gasteiger partial charge in [-0.1, -0.05) is 30.3 Å². The minimum absolute atomic E-state index is 0.190. The highest BCUT2D eigenvalue weighted by Gasteiger charge is 2.13. The lowest BCUT2D eigenvalue weighted by molar-refractivity contribution is 0.102. The summed E-state index contributed by atoms with van der Waals surface area (Å²) < 4.78 is 13.7. The Bertz CT molecular complexity index is 802. The van der Waals surface area contributed by atoms with Crippen molar-refractivity contribution in [2.24, 2.45) is 0 Å². The van der Waals surface area contributed by atoms with E-state index in [0.717, 1.165) is 10.6 Å². The normalized spacial score (nSPS) is 10.5. The van der Waals surface area contributed by atoms with E-state index in [4.69, 9.17) is 0 Å². The fourth-order valence-electron chi connectivity index (χ4n) is 2.08. The molecule has 0 atom stereocenters. The molecular formula is C18H14FNOS2. The van der Waals surface area contributed by atoms with Crippen LogP contribution in [-0.4, -0.2) is 5.91 Å². The molecule has 0 aliphatic carbocycles. The van der Waals surface area contributed by atoms with Gasteiger partial charge in [-0.05, 0) is 35.7 Å². The van der Waals surface area contributed by atoms with Crippen molar-refractivity contribution in [2.45, 2.75) is 10.6 Å². The van der Waals surface area contributed by atoms with Crippen molar-refractivity contribution in [1.82, 2.24) is 0 Å². The molecule has 1 heterocycles. The number of para-hydroxylation sites is 1. The summed E-state index contributed by atoms with van der Waals surface area (Å²) in [6, 6.07) is 17.6. The first-order valence-corrected chi connectivity index (χ1v) is 8.90. The Balaban J connectivity index is 1.76. The zero-order chi connectivity index (χ0) is 16.1. The van der Waals surface area contributed by atoms with Crippen LogP contribution in [0.4, 0.5) is 10.1 Å². The number of hydrogen-bond acceptors (Lipinski definition) is 3. The fourth-order valence-corrected chi connectivity index (χ4v) is 3.90. The molecule has 1 aromatic heterocycles. The van der Waals surface area contributed by atoms with Crippen molar-refractivity contribution in [2.75, 3.05) is 5.32 Å². The molecule has 0 aliphatic rings. The average molecular weight is 343 g/mol. The van der Waals surface area contributed by atoms with Crippen molar-refractivity contribution in [3.63, 3.8) is 0 Å². The molecule has 0 bridgehead atoms. The largest absolute Gasteiger partial charge is 0.319 e. The van der Waals surface area contributed by atoms with Crippen LogP contribution in [-0.2, 0) is 5.75 Å². The third kappa shape index (κ3) is 4.00. The van der Waals surface area contributed by atoms with Gasteiger partial charge in [-0.2, -0.15) is 0 Å². The predicted octanol–water partition coefficient (Wildman–Crippen LogP) is 5.43. The second kappa shape index (κ2) is 7.44. The Morgan fingerprint density at radius 1 is 1.04 bits per heavy atom. The fraction of sp³-hybridized carbons (Fsp3) is 0.0556. The van der Waals surface area contributed by atoms with Gasteiger partial charge in [0.25, 0.3) is 5.91 Å². The maximum atomic E-state index is 13.7. The van der Waals surface area contributed by atoms with Crippen molar-refractivity contribution in [3.05, 3.63) is 82.3 Å². The standard InChI is InChI=1S/C18H14FNOS2/c19-15-8-2-3-9-16(15)20-18(21)14-7-1-4-10-17(14)23-12-13-6-5-11-22-13/h1-11H,12H2,(H,20,21). The minimum atomic E-state index is -0.440. The lowest BCUT2D eigenvalue weighted by atomic mass is 10.2. The van der Waals surface area contributed by atoms with E-state index in [1.54, 1.807) is 47.4 Å². The van der Waals surface area contributed by atoms with Crippen molar-refractivity contribution < 1.29 is 9.18 Å². The minimum Gasteiger partial charge on any atom is -0.319 e. The first kappa shape index (κ1) is 15.8. The smallest absolute Gasteiger partial charge is 0.256 e.